The highest BCUT2D eigenvalue weighted by molar-refractivity contribution is 6.34. The Morgan fingerprint density at radius 3 is 2.39 bits per heavy atom. The van der Waals surface area contributed by atoms with Crippen molar-refractivity contribution < 1.29 is 9.59 Å². The lowest BCUT2D eigenvalue weighted by Gasteiger charge is -2.27. The number of benzene rings is 2. The van der Waals surface area contributed by atoms with Gasteiger partial charge in [-0.1, -0.05) is 42.0 Å². The van der Waals surface area contributed by atoms with Crippen LogP contribution in [-0.4, -0.2) is 30.9 Å². The number of carbonyl (C=O) groups is 2. The molecule has 6 heteroatoms. The highest BCUT2D eigenvalue weighted by Gasteiger charge is 2.23. The van der Waals surface area contributed by atoms with Crippen molar-refractivity contribution in [3.05, 3.63) is 70.8 Å². The molecule has 2 N–H and O–H groups in total. The summed E-state index contributed by atoms with van der Waals surface area (Å²) in [5, 5.41) is 6.07. The van der Waals surface area contributed by atoms with Crippen LogP contribution in [0.25, 0.3) is 5.57 Å². The average Bonchev–Trinajstić information content (AvgIpc) is 2.62. The first kappa shape index (κ1) is 21.5. The van der Waals surface area contributed by atoms with Crippen LogP contribution < -0.4 is 10.6 Å². The molecular weight excluding hydrogens is 374 g/mol. The Morgan fingerprint density at radius 2 is 1.79 bits per heavy atom. The van der Waals surface area contributed by atoms with Gasteiger partial charge in [0.15, 0.2) is 0 Å². The molecule has 0 heterocycles. The summed E-state index contributed by atoms with van der Waals surface area (Å²) < 4.78 is 0. The van der Waals surface area contributed by atoms with Crippen molar-refractivity contribution in [2.75, 3.05) is 19.4 Å². The normalized spacial score (nSPS) is 10.9. The van der Waals surface area contributed by atoms with E-state index in [1.165, 1.54) is 4.90 Å². The molecule has 0 aromatic heterocycles. The maximum atomic E-state index is 12.6. The summed E-state index contributed by atoms with van der Waals surface area (Å²) >= 11 is 6.12. The van der Waals surface area contributed by atoms with Crippen LogP contribution in [0.5, 0.6) is 0 Å². The standard InChI is InChI=1S/C22H26ClN3O2/c1-14(2)15-8-7-9-16(12-15)22(3,4)25-21(28)24-17-10-11-19(23)18(13-17)20(27)26(5)6/h7-13H,1H2,2-6H3,(H2,24,25,28). The van der Waals surface area contributed by atoms with Crippen LogP contribution in [0.4, 0.5) is 10.5 Å². The molecule has 5 nitrogen and oxygen atoms in total. The van der Waals surface area contributed by atoms with Crippen LogP contribution in [0.1, 0.15) is 42.3 Å². The summed E-state index contributed by atoms with van der Waals surface area (Å²) in [4.78, 5) is 26.2. The molecule has 0 aliphatic carbocycles. The first-order valence-electron chi connectivity index (χ1n) is 8.88. The molecule has 148 valence electrons. The molecule has 2 aromatic carbocycles. The van der Waals surface area contributed by atoms with Gasteiger partial charge in [0.25, 0.3) is 5.91 Å². The van der Waals surface area contributed by atoms with E-state index < -0.39 is 5.54 Å². The Balaban J connectivity index is 2.17. The molecular formula is C22H26ClN3O2. The fraction of sp³-hybridized carbons (Fsp3) is 0.273. The molecule has 3 amide bonds. The van der Waals surface area contributed by atoms with Crippen molar-refractivity contribution in [2.45, 2.75) is 26.3 Å². The molecule has 0 fully saturated rings. The Morgan fingerprint density at radius 1 is 1.11 bits per heavy atom. The first-order chi connectivity index (χ1) is 13.0. The molecule has 0 unspecified atom stereocenters. The van der Waals surface area contributed by atoms with Gasteiger partial charge in [-0.3, -0.25) is 4.79 Å². The Labute approximate surface area is 171 Å². The van der Waals surface area contributed by atoms with Crippen molar-refractivity contribution >= 4 is 34.8 Å². The van der Waals surface area contributed by atoms with E-state index in [0.717, 1.165) is 16.7 Å². The first-order valence-corrected chi connectivity index (χ1v) is 9.26. The van der Waals surface area contributed by atoms with Crippen molar-refractivity contribution in [2.24, 2.45) is 0 Å². The molecule has 0 saturated carbocycles. The number of carbonyl (C=O) groups excluding carboxylic acids is 2. The molecule has 0 bridgehead atoms. The van der Waals surface area contributed by atoms with E-state index in [1.807, 2.05) is 45.0 Å². The van der Waals surface area contributed by atoms with E-state index in [0.29, 0.717) is 16.3 Å². The van der Waals surface area contributed by atoms with Gasteiger partial charge in [0.1, 0.15) is 0 Å². The largest absolute Gasteiger partial charge is 0.345 e. The van der Waals surface area contributed by atoms with Crippen LogP contribution in [0.3, 0.4) is 0 Å². The summed E-state index contributed by atoms with van der Waals surface area (Å²) in [6.45, 7) is 9.76. The molecule has 2 rings (SSSR count). The molecule has 0 aliphatic rings. The topological polar surface area (TPSA) is 61.4 Å². The fourth-order valence-electron chi connectivity index (χ4n) is 2.70. The maximum Gasteiger partial charge on any atom is 0.319 e. The Hall–Kier alpha value is -2.79. The molecule has 0 aliphatic heterocycles. The zero-order chi connectivity index (χ0) is 21.1. The Kier molecular flexibility index (Phi) is 6.52. The van der Waals surface area contributed by atoms with E-state index in [2.05, 4.69) is 17.2 Å². The van der Waals surface area contributed by atoms with E-state index in [4.69, 9.17) is 11.6 Å². The van der Waals surface area contributed by atoms with Gasteiger partial charge >= 0.3 is 6.03 Å². The van der Waals surface area contributed by atoms with Gasteiger partial charge in [-0.15, -0.1) is 0 Å². The molecule has 0 saturated heterocycles. The molecule has 2 aromatic rings. The lowest BCUT2D eigenvalue weighted by molar-refractivity contribution is 0.0827. The maximum absolute atomic E-state index is 12.6. The van der Waals surface area contributed by atoms with Crippen molar-refractivity contribution in [3.63, 3.8) is 0 Å². The minimum atomic E-state index is -0.607. The highest BCUT2D eigenvalue weighted by atomic mass is 35.5. The minimum Gasteiger partial charge on any atom is -0.345 e. The zero-order valence-corrected chi connectivity index (χ0v) is 17.6. The van der Waals surface area contributed by atoms with Crippen LogP contribution in [0.2, 0.25) is 5.02 Å². The lowest BCUT2D eigenvalue weighted by Crippen LogP contribution is -2.43. The Bertz CT molecular complexity index is 920. The highest BCUT2D eigenvalue weighted by Crippen LogP contribution is 2.25. The van der Waals surface area contributed by atoms with Crippen LogP contribution in [-0.2, 0) is 5.54 Å². The second kappa shape index (κ2) is 8.48. The van der Waals surface area contributed by atoms with E-state index >= 15 is 0 Å². The van der Waals surface area contributed by atoms with Crippen LogP contribution in [0.15, 0.2) is 49.0 Å². The summed E-state index contributed by atoms with van der Waals surface area (Å²) in [7, 11) is 3.29. The van der Waals surface area contributed by atoms with Crippen molar-refractivity contribution in [3.8, 4) is 0 Å². The van der Waals surface area contributed by atoms with E-state index in [9.17, 15) is 9.59 Å². The number of amides is 3. The van der Waals surface area contributed by atoms with Crippen molar-refractivity contribution in [1.82, 2.24) is 10.2 Å². The number of anilines is 1. The van der Waals surface area contributed by atoms with E-state index in [-0.39, 0.29) is 11.9 Å². The van der Waals surface area contributed by atoms with Gasteiger partial charge in [0.05, 0.1) is 16.1 Å². The van der Waals surface area contributed by atoms with Crippen LogP contribution in [0, 0.1) is 0 Å². The summed E-state index contributed by atoms with van der Waals surface area (Å²) in [6.07, 6.45) is 0. The van der Waals surface area contributed by atoms with Crippen molar-refractivity contribution in [1.29, 1.82) is 0 Å². The number of halogens is 1. The zero-order valence-electron chi connectivity index (χ0n) is 16.9. The third-order valence-corrected chi connectivity index (χ3v) is 4.69. The van der Waals surface area contributed by atoms with Gasteiger partial charge in [-0.2, -0.15) is 0 Å². The van der Waals surface area contributed by atoms with E-state index in [1.54, 1.807) is 32.3 Å². The summed E-state index contributed by atoms with van der Waals surface area (Å²) in [6, 6.07) is 12.3. The number of allylic oxidation sites excluding steroid dienone is 1. The third-order valence-electron chi connectivity index (χ3n) is 4.36. The predicted octanol–water partition coefficient (Wildman–Crippen LogP) is 5.13. The van der Waals surface area contributed by atoms with Crippen LogP contribution >= 0.6 is 11.6 Å². The molecule has 28 heavy (non-hydrogen) atoms. The van der Waals surface area contributed by atoms with Gasteiger partial charge in [0, 0.05) is 19.8 Å². The number of nitrogens with one attached hydrogen (secondary N) is 2. The molecule has 0 spiro atoms. The monoisotopic (exact) mass is 399 g/mol. The smallest absolute Gasteiger partial charge is 0.319 e. The number of rotatable bonds is 5. The van der Waals surface area contributed by atoms with Gasteiger partial charge < -0.3 is 15.5 Å². The number of nitrogens with zero attached hydrogens (tertiary/aromatic N) is 1. The fourth-order valence-corrected chi connectivity index (χ4v) is 2.90. The molecule has 0 atom stereocenters. The lowest BCUT2D eigenvalue weighted by atomic mass is 9.92. The average molecular weight is 400 g/mol. The summed E-state index contributed by atoms with van der Waals surface area (Å²) in [5.74, 6) is -0.231. The summed E-state index contributed by atoms with van der Waals surface area (Å²) in [5.41, 5.74) is 3.16. The number of hydrogen-bond acceptors (Lipinski definition) is 2. The van der Waals surface area contributed by atoms with Gasteiger partial charge in [-0.05, 0) is 56.2 Å². The number of hydrogen-bond donors (Lipinski definition) is 2. The quantitative estimate of drug-likeness (QED) is 0.731. The minimum absolute atomic E-state index is 0.231. The number of urea groups is 1. The second-order valence-electron chi connectivity index (χ2n) is 7.46. The SMILES string of the molecule is C=C(C)c1cccc(C(C)(C)NC(=O)Nc2ccc(Cl)c(C(=O)N(C)C)c2)c1. The van der Waals surface area contributed by atoms with Gasteiger partial charge in [-0.25, -0.2) is 4.79 Å². The molecule has 0 radical (unpaired) electrons. The third kappa shape index (κ3) is 5.14. The predicted molar refractivity (Wildman–Crippen MR) is 116 cm³/mol. The second-order valence-corrected chi connectivity index (χ2v) is 7.87. The van der Waals surface area contributed by atoms with Gasteiger partial charge in [0.2, 0.25) is 0 Å².